The van der Waals surface area contributed by atoms with Gasteiger partial charge in [-0.2, -0.15) is 8.42 Å². The predicted molar refractivity (Wildman–Crippen MR) is 79.6 cm³/mol. The van der Waals surface area contributed by atoms with Gasteiger partial charge in [0.25, 0.3) is 10.1 Å². The Balaban J connectivity index is 2.67. The van der Waals surface area contributed by atoms with Crippen molar-refractivity contribution in [3.63, 3.8) is 0 Å². The van der Waals surface area contributed by atoms with Crippen molar-refractivity contribution >= 4 is 28.1 Å². The van der Waals surface area contributed by atoms with E-state index in [1.54, 1.807) is 19.3 Å². The number of oxime groups is 1. The van der Waals surface area contributed by atoms with Crippen LogP contribution in [0.15, 0.2) is 34.6 Å². The summed E-state index contributed by atoms with van der Waals surface area (Å²) >= 11 is 1.47. The molecule has 0 fully saturated rings. The summed E-state index contributed by atoms with van der Waals surface area (Å²) in [5.74, 6) is -0.470. The summed E-state index contributed by atoms with van der Waals surface area (Å²) in [6, 6.07) is 5.57. The summed E-state index contributed by atoms with van der Waals surface area (Å²) in [5.41, 5.74) is 0. The number of hydrogen-bond donors (Lipinski definition) is 1. The van der Waals surface area contributed by atoms with E-state index in [4.69, 9.17) is 4.55 Å². The average molecular weight is 318 g/mol. The molecule has 1 rings (SSSR count). The zero-order chi connectivity index (χ0) is 15.0. The maximum absolute atomic E-state index is 10.9. The minimum Gasteiger partial charge on any atom is -0.399 e. The Labute approximate surface area is 123 Å². The number of pyridine rings is 1. The van der Waals surface area contributed by atoms with Crippen LogP contribution < -0.4 is 0 Å². The highest BCUT2D eigenvalue weighted by molar-refractivity contribution is 8.00. The summed E-state index contributed by atoms with van der Waals surface area (Å²) < 4.78 is 30.6. The fraction of sp³-hybridized carbons (Fsp3) is 0.500. The molecule has 2 atom stereocenters. The van der Waals surface area contributed by atoms with Gasteiger partial charge in [0.15, 0.2) is 0 Å². The molecule has 0 aromatic carbocycles. The molecule has 0 spiro atoms. The van der Waals surface area contributed by atoms with Crippen molar-refractivity contribution in [2.75, 3.05) is 12.9 Å². The fourth-order valence-electron chi connectivity index (χ4n) is 1.66. The number of hydrogen-bond acceptors (Lipinski definition) is 6. The molecule has 20 heavy (non-hydrogen) atoms. The zero-order valence-corrected chi connectivity index (χ0v) is 13.0. The van der Waals surface area contributed by atoms with Crippen LogP contribution in [0.4, 0.5) is 0 Å². The average Bonchev–Trinajstić information content (AvgIpc) is 2.35. The van der Waals surface area contributed by atoms with Gasteiger partial charge in [-0.1, -0.05) is 29.9 Å². The van der Waals surface area contributed by atoms with E-state index in [0.29, 0.717) is 6.42 Å². The van der Waals surface area contributed by atoms with E-state index in [2.05, 4.69) is 15.0 Å². The summed E-state index contributed by atoms with van der Waals surface area (Å²) in [5, 5.41) is 4.47. The molecule has 0 amide bonds. The third-order valence-corrected chi connectivity index (χ3v) is 4.46. The van der Waals surface area contributed by atoms with Crippen LogP contribution in [0.1, 0.15) is 13.3 Å². The fourth-order valence-corrected chi connectivity index (χ4v) is 3.64. The highest BCUT2D eigenvalue weighted by Crippen LogP contribution is 2.25. The van der Waals surface area contributed by atoms with E-state index in [0.717, 1.165) is 5.03 Å². The molecular formula is C12H18N2O4S2. The molecule has 0 saturated heterocycles. The minimum absolute atomic E-state index is 0.0819. The van der Waals surface area contributed by atoms with Gasteiger partial charge in [0.1, 0.15) is 7.11 Å². The Morgan fingerprint density at radius 2 is 2.30 bits per heavy atom. The van der Waals surface area contributed by atoms with Gasteiger partial charge < -0.3 is 4.84 Å². The molecule has 6 nitrogen and oxygen atoms in total. The van der Waals surface area contributed by atoms with Crippen molar-refractivity contribution in [1.82, 2.24) is 4.98 Å². The molecule has 0 radical (unpaired) electrons. The van der Waals surface area contributed by atoms with Crippen LogP contribution in [0.5, 0.6) is 0 Å². The van der Waals surface area contributed by atoms with Gasteiger partial charge in [0, 0.05) is 11.4 Å². The third kappa shape index (κ3) is 7.46. The van der Waals surface area contributed by atoms with E-state index < -0.39 is 10.1 Å². The Morgan fingerprint density at radius 3 is 2.85 bits per heavy atom. The van der Waals surface area contributed by atoms with E-state index >= 15 is 0 Å². The third-order valence-electron chi connectivity index (χ3n) is 2.37. The highest BCUT2D eigenvalue weighted by Gasteiger charge is 2.18. The second-order valence-electron chi connectivity index (χ2n) is 4.35. The van der Waals surface area contributed by atoms with Crippen molar-refractivity contribution in [3.8, 4) is 0 Å². The maximum Gasteiger partial charge on any atom is 0.265 e. The van der Waals surface area contributed by atoms with Gasteiger partial charge >= 0.3 is 0 Å². The smallest absolute Gasteiger partial charge is 0.265 e. The largest absolute Gasteiger partial charge is 0.399 e. The molecule has 0 aliphatic rings. The molecular weight excluding hydrogens is 300 g/mol. The van der Waals surface area contributed by atoms with Gasteiger partial charge in [-0.25, -0.2) is 4.98 Å². The lowest BCUT2D eigenvalue weighted by Gasteiger charge is -2.15. The van der Waals surface area contributed by atoms with Crippen molar-refractivity contribution in [3.05, 3.63) is 24.4 Å². The van der Waals surface area contributed by atoms with Crippen molar-refractivity contribution in [2.45, 2.75) is 23.6 Å². The molecule has 0 aliphatic carbocycles. The van der Waals surface area contributed by atoms with Crippen LogP contribution >= 0.6 is 11.8 Å². The topological polar surface area (TPSA) is 88.8 Å². The van der Waals surface area contributed by atoms with Crippen LogP contribution in [0.3, 0.4) is 0 Å². The van der Waals surface area contributed by atoms with Crippen molar-refractivity contribution in [1.29, 1.82) is 0 Å². The van der Waals surface area contributed by atoms with Crippen LogP contribution in [0.2, 0.25) is 0 Å². The Bertz CT molecular complexity index is 520. The summed E-state index contributed by atoms with van der Waals surface area (Å²) in [4.78, 5) is 8.86. The van der Waals surface area contributed by atoms with Gasteiger partial charge in [0.05, 0.1) is 17.0 Å². The lowest BCUT2D eigenvalue weighted by Crippen LogP contribution is -2.18. The first-order valence-electron chi connectivity index (χ1n) is 6.00. The second kappa shape index (κ2) is 8.23. The standard InChI is InChI=1S/C12H18N2O4S2/c1-10(9-20(15,16)17)7-11(8-14-18-2)19-12-5-3-4-6-13-12/h3-6,8,10-11H,7,9H2,1-2H3,(H,15,16,17). The van der Waals surface area contributed by atoms with E-state index in [9.17, 15) is 8.42 Å². The number of rotatable bonds is 8. The van der Waals surface area contributed by atoms with E-state index in [1.807, 2.05) is 18.2 Å². The lowest BCUT2D eigenvalue weighted by molar-refractivity contribution is 0.214. The molecule has 1 N–H and O–H groups in total. The summed E-state index contributed by atoms with van der Waals surface area (Å²) in [6.07, 6.45) is 3.84. The minimum atomic E-state index is -3.96. The quantitative estimate of drug-likeness (QED) is 0.342. The second-order valence-corrected chi connectivity index (χ2v) is 7.11. The highest BCUT2D eigenvalue weighted by atomic mass is 32.2. The summed E-state index contributed by atoms with van der Waals surface area (Å²) in [7, 11) is -2.52. The Kier molecular flexibility index (Phi) is 6.97. The van der Waals surface area contributed by atoms with Gasteiger partial charge in [-0.3, -0.25) is 4.55 Å². The Hall–Kier alpha value is -1.12. The van der Waals surface area contributed by atoms with E-state index in [-0.39, 0.29) is 16.9 Å². The molecule has 0 aliphatic heterocycles. The van der Waals surface area contributed by atoms with Gasteiger partial charge in [-0.15, -0.1) is 0 Å². The molecule has 0 saturated carbocycles. The van der Waals surface area contributed by atoms with Gasteiger partial charge in [-0.05, 0) is 24.5 Å². The first kappa shape index (κ1) is 16.9. The molecule has 112 valence electrons. The number of thioether (sulfide) groups is 1. The van der Waals surface area contributed by atoms with Gasteiger partial charge in [0.2, 0.25) is 0 Å². The molecule has 0 bridgehead atoms. The molecule has 1 aromatic rings. The predicted octanol–water partition coefficient (Wildman–Crippen LogP) is 2.09. The van der Waals surface area contributed by atoms with Crippen LogP contribution in [0.25, 0.3) is 0 Å². The SMILES string of the molecule is CON=CC(CC(C)CS(=O)(=O)O)Sc1ccccn1. The molecule has 1 heterocycles. The molecule has 1 aromatic heterocycles. The van der Waals surface area contributed by atoms with Crippen LogP contribution in [-0.4, -0.2) is 42.3 Å². The van der Waals surface area contributed by atoms with Crippen LogP contribution in [-0.2, 0) is 15.0 Å². The first-order chi connectivity index (χ1) is 9.40. The van der Waals surface area contributed by atoms with E-state index in [1.165, 1.54) is 18.9 Å². The zero-order valence-electron chi connectivity index (χ0n) is 11.3. The number of nitrogens with zero attached hydrogens (tertiary/aromatic N) is 2. The lowest BCUT2D eigenvalue weighted by atomic mass is 10.1. The van der Waals surface area contributed by atoms with Crippen molar-refractivity contribution < 1.29 is 17.8 Å². The first-order valence-corrected chi connectivity index (χ1v) is 8.49. The normalized spacial score (nSPS) is 15.2. The van der Waals surface area contributed by atoms with Crippen LogP contribution in [0, 0.1) is 5.92 Å². The maximum atomic E-state index is 10.9. The monoisotopic (exact) mass is 318 g/mol. The van der Waals surface area contributed by atoms with Crippen molar-refractivity contribution in [2.24, 2.45) is 11.1 Å². The summed E-state index contributed by atoms with van der Waals surface area (Å²) in [6.45, 7) is 1.76. The Morgan fingerprint density at radius 1 is 1.55 bits per heavy atom. The molecule has 8 heteroatoms. The molecule has 2 unspecified atom stereocenters. The number of aromatic nitrogens is 1.